The Morgan fingerprint density at radius 1 is 0.978 bits per heavy atom. The number of rotatable bonds is 9. The fourth-order valence-corrected chi connectivity index (χ4v) is 7.54. The second-order valence-corrected chi connectivity index (χ2v) is 25.0. The van der Waals surface area contributed by atoms with Crippen LogP contribution < -0.4 is 9.74 Å². The number of fused-ring (bicyclic) bond motifs is 3. The number of ether oxygens (including phenoxy) is 2. The number of amides is 1. The molecule has 2 heterocycles. The minimum atomic E-state index is -2.25. The third kappa shape index (κ3) is 10.3. The molecule has 0 aliphatic carbocycles. The van der Waals surface area contributed by atoms with Crippen LogP contribution in [-0.2, 0) is 25.1 Å². The number of hydrogen-bond donors (Lipinski definition) is 1. The summed E-state index contributed by atoms with van der Waals surface area (Å²) in [5.41, 5.74) is 1.37. The normalized spacial score (nSPS) is 23.7. The first kappa shape index (κ1) is 37.0. The van der Waals surface area contributed by atoms with Crippen molar-refractivity contribution in [2.24, 2.45) is 0 Å². The summed E-state index contributed by atoms with van der Waals surface area (Å²) in [4.78, 5) is 26.1. The zero-order valence-electron chi connectivity index (χ0n) is 29.5. The van der Waals surface area contributed by atoms with E-state index in [-0.39, 0.29) is 40.3 Å². The second kappa shape index (κ2) is 15.0. The van der Waals surface area contributed by atoms with E-state index in [4.69, 9.17) is 18.3 Å². The van der Waals surface area contributed by atoms with Gasteiger partial charge in [-0.15, -0.1) is 0 Å². The van der Waals surface area contributed by atoms with E-state index in [1.165, 1.54) is 6.08 Å². The topological polar surface area (TPSA) is 83.1 Å². The molecule has 0 unspecified atom stereocenters. The molecule has 1 N–H and O–H groups in total. The highest BCUT2D eigenvalue weighted by Gasteiger charge is 2.43. The maximum Gasteiger partial charge on any atom is 0.342 e. The van der Waals surface area contributed by atoms with Crippen molar-refractivity contribution in [2.45, 2.75) is 141 Å². The van der Waals surface area contributed by atoms with Gasteiger partial charge >= 0.3 is 5.97 Å². The van der Waals surface area contributed by atoms with Crippen LogP contribution in [0.1, 0.15) is 90.1 Å². The van der Waals surface area contributed by atoms with E-state index in [1.54, 1.807) is 18.4 Å². The predicted molar refractivity (Wildman–Crippen MR) is 188 cm³/mol. The smallest absolute Gasteiger partial charge is 0.342 e. The van der Waals surface area contributed by atoms with Gasteiger partial charge in [0.1, 0.15) is 17.4 Å². The van der Waals surface area contributed by atoms with Crippen LogP contribution in [0.4, 0.5) is 0 Å². The lowest BCUT2D eigenvalue weighted by atomic mass is 9.91. The van der Waals surface area contributed by atoms with Crippen LogP contribution in [0.2, 0.25) is 36.3 Å². The molecule has 2 aliphatic rings. The zero-order valence-corrected chi connectivity index (χ0v) is 31.5. The van der Waals surface area contributed by atoms with Crippen LogP contribution in [0.25, 0.3) is 0 Å². The first-order chi connectivity index (χ1) is 20.8. The van der Waals surface area contributed by atoms with E-state index in [1.807, 2.05) is 37.3 Å². The lowest BCUT2D eigenvalue weighted by molar-refractivity contribution is -0.115. The van der Waals surface area contributed by atoms with Crippen LogP contribution >= 0.6 is 0 Å². The van der Waals surface area contributed by atoms with Crippen molar-refractivity contribution in [3.63, 3.8) is 0 Å². The predicted octanol–water partition coefficient (Wildman–Crippen LogP) is 8.63. The standard InChI is InChI=1S/C36H57NO6Si2/c1-12-13-14-20-32(38)37-21-16-18-27-23-29-25-30(42-44(8,9)35(2,3)4)24-28(40-29)22-26-17-15-19-31(33(26)34(39)41-27)43-45(10,11)36(5,6)7/h12-17,19-21,27-30H,18,22-25H2,1-11H3,(H,37,38)/b13-12+,20-14-,21-16+/t27-,28-,29-,30-/m0/s1. The molecule has 0 saturated carbocycles. The number of allylic oxidation sites excluding steroid dienone is 3. The Kier molecular flexibility index (Phi) is 12.3. The van der Waals surface area contributed by atoms with Crippen molar-refractivity contribution in [3.05, 3.63) is 65.9 Å². The number of carbonyl (C=O) groups is 2. The van der Waals surface area contributed by atoms with Gasteiger partial charge in [0, 0.05) is 31.2 Å². The number of hydrogen-bond acceptors (Lipinski definition) is 6. The number of carbonyl (C=O) groups excluding carboxylic acids is 2. The average molecular weight is 656 g/mol. The highest BCUT2D eigenvalue weighted by Crippen LogP contribution is 2.42. The quantitative estimate of drug-likeness (QED) is 0.124. The summed E-state index contributed by atoms with van der Waals surface area (Å²) < 4.78 is 26.7. The summed E-state index contributed by atoms with van der Waals surface area (Å²) in [5, 5.41) is 2.81. The number of esters is 1. The molecule has 4 atom stereocenters. The summed E-state index contributed by atoms with van der Waals surface area (Å²) in [6, 6.07) is 5.86. The molecule has 0 aromatic heterocycles. The molecule has 1 fully saturated rings. The van der Waals surface area contributed by atoms with Crippen LogP contribution in [0.15, 0.2) is 54.8 Å². The molecule has 1 aromatic carbocycles. The third-order valence-electron chi connectivity index (χ3n) is 9.73. The Bertz CT molecular complexity index is 1270. The maximum atomic E-state index is 14.0. The fourth-order valence-electron chi connectivity index (χ4n) is 5.13. The Morgan fingerprint density at radius 2 is 1.64 bits per heavy atom. The molecule has 2 bridgehead atoms. The van der Waals surface area contributed by atoms with Gasteiger partial charge in [0.2, 0.25) is 5.91 Å². The van der Waals surface area contributed by atoms with Crippen molar-refractivity contribution in [3.8, 4) is 5.75 Å². The summed E-state index contributed by atoms with van der Waals surface area (Å²) in [6.07, 6.45) is 12.8. The summed E-state index contributed by atoms with van der Waals surface area (Å²) in [6.45, 7) is 24.2. The van der Waals surface area contributed by atoms with Gasteiger partial charge in [0.15, 0.2) is 8.32 Å². The third-order valence-corrected chi connectivity index (χ3v) is 18.6. The summed E-state index contributed by atoms with van der Waals surface area (Å²) in [7, 11) is -4.26. The molecule has 2 aliphatic heterocycles. The van der Waals surface area contributed by atoms with E-state index >= 15 is 0 Å². The van der Waals surface area contributed by atoms with E-state index in [9.17, 15) is 9.59 Å². The van der Waals surface area contributed by atoms with Gasteiger partial charge in [-0.3, -0.25) is 4.79 Å². The van der Waals surface area contributed by atoms with Crippen molar-refractivity contribution < 1.29 is 27.9 Å². The maximum absolute atomic E-state index is 14.0. The molecule has 7 nitrogen and oxygen atoms in total. The first-order valence-electron chi connectivity index (χ1n) is 16.4. The Morgan fingerprint density at radius 3 is 2.29 bits per heavy atom. The van der Waals surface area contributed by atoms with Gasteiger partial charge in [0.25, 0.3) is 8.32 Å². The summed E-state index contributed by atoms with van der Waals surface area (Å²) >= 11 is 0. The molecule has 0 spiro atoms. The molecule has 1 aromatic rings. The Labute approximate surface area is 274 Å². The number of benzene rings is 1. The number of nitrogens with one attached hydrogen (secondary N) is 1. The monoisotopic (exact) mass is 655 g/mol. The van der Waals surface area contributed by atoms with Crippen LogP contribution in [-0.4, -0.2) is 52.9 Å². The molecule has 1 saturated heterocycles. The number of cyclic esters (lactones) is 1. The SMILES string of the molecule is C/C=C/C=C\C(=O)N/C=C/C[C@H]1C[C@H]2C[C@@H](O[Si](C)(C)C(C)(C)C)C[C@H](Cc3cccc(O[Si](C)(C)C(C)(C)C)c3C(=O)O1)O2. The van der Waals surface area contributed by atoms with Crippen molar-refractivity contribution in [2.75, 3.05) is 0 Å². The molecule has 3 rings (SSSR count). The largest absolute Gasteiger partial charge is 0.543 e. The second-order valence-electron chi connectivity index (χ2n) is 15.5. The minimum absolute atomic E-state index is 0.0383. The highest BCUT2D eigenvalue weighted by molar-refractivity contribution is 6.75. The Hall–Kier alpha value is -2.47. The van der Waals surface area contributed by atoms with Crippen molar-refractivity contribution in [1.82, 2.24) is 5.32 Å². The zero-order chi connectivity index (χ0) is 33.6. The molecule has 0 radical (unpaired) electrons. The highest BCUT2D eigenvalue weighted by atomic mass is 28.4. The van der Waals surface area contributed by atoms with E-state index in [0.717, 1.165) is 18.4 Å². The average Bonchev–Trinajstić information content (AvgIpc) is 2.89. The van der Waals surface area contributed by atoms with Crippen LogP contribution in [0.5, 0.6) is 5.75 Å². The molecule has 45 heavy (non-hydrogen) atoms. The van der Waals surface area contributed by atoms with E-state index in [0.29, 0.717) is 30.6 Å². The molecule has 250 valence electrons. The lowest BCUT2D eigenvalue weighted by Crippen LogP contribution is -2.48. The minimum Gasteiger partial charge on any atom is -0.543 e. The van der Waals surface area contributed by atoms with Gasteiger partial charge in [-0.05, 0) is 74.1 Å². The molecule has 9 heteroatoms. The van der Waals surface area contributed by atoms with Crippen molar-refractivity contribution in [1.29, 1.82) is 0 Å². The van der Waals surface area contributed by atoms with E-state index in [2.05, 4.69) is 73.0 Å². The molecular formula is C36H57NO6Si2. The van der Waals surface area contributed by atoms with Crippen molar-refractivity contribution >= 4 is 28.5 Å². The van der Waals surface area contributed by atoms with Gasteiger partial charge in [0.05, 0.1) is 12.2 Å². The van der Waals surface area contributed by atoms with Gasteiger partial charge < -0.3 is 23.6 Å². The first-order valence-corrected chi connectivity index (χ1v) is 22.2. The Balaban J connectivity index is 1.96. The van der Waals surface area contributed by atoms with Gasteiger partial charge in [-0.2, -0.15) is 0 Å². The molecule has 1 amide bonds. The summed E-state index contributed by atoms with van der Waals surface area (Å²) in [5.74, 6) is -0.0108. The van der Waals surface area contributed by atoms with Gasteiger partial charge in [-0.1, -0.05) is 78.0 Å². The van der Waals surface area contributed by atoms with Gasteiger partial charge in [-0.25, -0.2) is 4.79 Å². The van der Waals surface area contributed by atoms with Crippen LogP contribution in [0, 0.1) is 0 Å². The van der Waals surface area contributed by atoms with Crippen LogP contribution in [0.3, 0.4) is 0 Å². The lowest BCUT2D eigenvalue weighted by Gasteiger charge is -2.44. The van der Waals surface area contributed by atoms with E-state index < -0.39 is 22.7 Å². The molecular weight excluding hydrogens is 599 g/mol. The fraction of sp³-hybridized carbons (Fsp3) is 0.611.